The van der Waals surface area contributed by atoms with Gasteiger partial charge >= 0.3 is 6.18 Å². The maximum atomic E-state index is 13.3. The second-order valence-corrected chi connectivity index (χ2v) is 10.7. The maximum Gasteiger partial charge on any atom is 0.417 e. The van der Waals surface area contributed by atoms with Gasteiger partial charge in [0, 0.05) is 17.1 Å². The summed E-state index contributed by atoms with van der Waals surface area (Å²) in [6.07, 6.45) is -2.64. The highest BCUT2D eigenvalue weighted by molar-refractivity contribution is 7.90. The van der Waals surface area contributed by atoms with Crippen LogP contribution in [0.5, 0.6) is 0 Å². The molecule has 0 amide bonds. The predicted molar refractivity (Wildman–Crippen MR) is 103 cm³/mol. The summed E-state index contributed by atoms with van der Waals surface area (Å²) in [4.78, 5) is 0.390. The Morgan fingerprint density at radius 2 is 1.79 bits per heavy atom. The van der Waals surface area contributed by atoms with Crippen LogP contribution in [0.3, 0.4) is 0 Å². The number of rotatable bonds is 4. The van der Waals surface area contributed by atoms with Gasteiger partial charge < -0.3 is 4.57 Å². The molecule has 0 saturated heterocycles. The summed E-state index contributed by atoms with van der Waals surface area (Å²) in [7, 11) is -4.52. The van der Waals surface area contributed by atoms with Crippen LogP contribution in [0, 0.1) is 12.8 Å². The van der Waals surface area contributed by atoms with Crippen molar-refractivity contribution in [2.45, 2.75) is 63.6 Å². The Morgan fingerprint density at radius 3 is 2.32 bits per heavy atom. The number of benzene rings is 1. The number of thiazole rings is 1. The molecule has 1 aromatic heterocycles. The fourth-order valence-corrected chi connectivity index (χ4v) is 5.73. The van der Waals surface area contributed by atoms with Crippen LogP contribution >= 0.6 is 11.3 Å². The lowest BCUT2D eigenvalue weighted by molar-refractivity contribution is -0.139. The first-order chi connectivity index (χ1) is 12.8. The van der Waals surface area contributed by atoms with E-state index in [-0.39, 0.29) is 10.2 Å². The van der Waals surface area contributed by atoms with Crippen molar-refractivity contribution in [2.75, 3.05) is 0 Å². The van der Waals surface area contributed by atoms with E-state index < -0.39 is 26.7 Å². The Labute approximate surface area is 166 Å². The Morgan fingerprint density at radius 1 is 1.18 bits per heavy atom. The van der Waals surface area contributed by atoms with Gasteiger partial charge in [-0.15, -0.1) is 15.7 Å². The maximum absolute atomic E-state index is 13.3. The van der Waals surface area contributed by atoms with E-state index in [1.54, 1.807) is 0 Å². The molecule has 1 aromatic carbocycles. The molecule has 0 atom stereocenters. The third kappa shape index (κ3) is 4.35. The number of nitrogens with zero attached hydrogens (tertiary/aromatic N) is 2. The molecule has 9 heteroatoms. The summed E-state index contributed by atoms with van der Waals surface area (Å²) in [6.45, 7) is 8.60. The van der Waals surface area contributed by atoms with Crippen molar-refractivity contribution in [3.05, 3.63) is 45.2 Å². The second kappa shape index (κ2) is 7.02. The largest absolute Gasteiger partial charge is 0.417 e. The van der Waals surface area contributed by atoms with Crippen LogP contribution < -0.4 is 4.80 Å². The van der Waals surface area contributed by atoms with Gasteiger partial charge in [-0.3, -0.25) is 0 Å². The van der Waals surface area contributed by atoms with Crippen LogP contribution in [0.4, 0.5) is 13.2 Å². The van der Waals surface area contributed by atoms with Crippen molar-refractivity contribution >= 4 is 21.4 Å². The molecule has 0 spiro atoms. The molecule has 3 rings (SSSR count). The SMILES string of the molecule is Cc1c(C(C)(C)C)sc(=NS(=O)(=O)c2ccccc2C(F)(F)F)n1CC1CC1. The molecule has 0 aliphatic heterocycles. The number of sulfonamides is 1. The molecular weight excluding hydrogens is 409 g/mol. The van der Waals surface area contributed by atoms with Gasteiger partial charge in [0.25, 0.3) is 10.0 Å². The number of alkyl halides is 3. The Kier molecular flexibility index (Phi) is 5.29. The minimum Gasteiger partial charge on any atom is -0.320 e. The van der Waals surface area contributed by atoms with Crippen molar-refractivity contribution in [3.8, 4) is 0 Å². The van der Waals surface area contributed by atoms with E-state index in [1.165, 1.54) is 23.5 Å². The summed E-state index contributed by atoms with van der Waals surface area (Å²) >= 11 is 1.23. The average molecular weight is 433 g/mol. The molecule has 0 radical (unpaired) electrons. The molecule has 0 bridgehead atoms. The zero-order valence-electron chi connectivity index (χ0n) is 16.2. The number of aromatic nitrogens is 1. The monoisotopic (exact) mass is 432 g/mol. The first-order valence-corrected chi connectivity index (χ1v) is 11.2. The smallest absolute Gasteiger partial charge is 0.320 e. The lowest BCUT2D eigenvalue weighted by atomic mass is 9.93. The van der Waals surface area contributed by atoms with Crippen LogP contribution in [0.25, 0.3) is 0 Å². The molecule has 28 heavy (non-hydrogen) atoms. The van der Waals surface area contributed by atoms with E-state index >= 15 is 0 Å². The van der Waals surface area contributed by atoms with Gasteiger partial charge in [0.15, 0.2) is 0 Å². The lowest BCUT2D eigenvalue weighted by Gasteiger charge is -2.17. The molecule has 4 nitrogen and oxygen atoms in total. The summed E-state index contributed by atoms with van der Waals surface area (Å²) in [5, 5.41) is 0. The van der Waals surface area contributed by atoms with Crippen molar-refractivity contribution in [1.29, 1.82) is 0 Å². The molecule has 154 valence electrons. The van der Waals surface area contributed by atoms with Gasteiger partial charge in [-0.2, -0.15) is 21.6 Å². The number of hydrogen-bond donors (Lipinski definition) is 0. The molecule has 1 saturated carbocycles. The lowest BCUT2D eigenvalue weighted by Crippen LogP contribution is -2.21. The zero-order valence-corrected chi connectivity index (χ0v) is 17.8. The summed E-state index contributed by atoms with van der Waals surface area (Å²) in [5.74, 6) is 0.463. The van der Waals surface area contributed by atoms with Crippen molar-refractivity contribution in [2.24, 2.45) is 10.3 Å². The summed E-state index contributed by atoms with van der Waals surface area (Å²) in [5.41, 5.74) is -0.499. The Hall–Kier alpha value is -1.61. The number of hydrogen-bond acceptors (Lipinski definition) is 3. The first-order valence-electron chi connectivity index (χ1n) is 8.98. The normalized spacial score (nSPS) is 16.6. The summed E-state index contributed by atoms with van der Waals surface area (Å²) in [6, 6.07) is 4.16. The van der Waals surface area contributed by atoms with Gasteiger partial charge in [-0.05, 0) is 43.2 Å². The highest BCUT2D eigenvalue weighted by atomic mass is 32.2. The molecule has 0 unspecified atom stereocenters. The first kappa shape index (κ1) is 21.1. The van der Waals surface area contributed by atoms with Crippen molar-refractivity contribution in [1.82, 2.24) is 4.57 Å². The third-order valence-corrected chi connectivity index (χ3v) is 7.69. The summed E-state index contributed by atoms with van der Waals surface area (Å²) < 4.78 is 71.2. The topological polar surface area (TPSA) is 51.4 Å². The van der Waals surface area contributed by atoms with E-state index in [1.807, 2.05) is 32.3 Å². The van der Waals surface area contributed by atoms with Crippen molar-refractivity contribution in [3.63, 3.8) is 0 Å². The zero-order chi connectivity index (χ0) is 20.9. The highest BCUT2D eigenvalue weighted by Crippen LogP contribution is 2.36. The highest BCUT2D eigenvalue weighted by Gasteiger charge is 2.37. The van der Waals surface area contributed by atoms with Gasteiger partial charge in [0.05, 0.1) is 5.56 Å². The molecule has 1 heterocycles. The molecule has 0 N–H and O–H groups in total. The van der Waals surface area contributed by atoms with Crippen molar-refractivity contribution < 1.29 is 21.6 Å². The van der Waals surface area contributed by atoms with Gasteiger partial charge in [0.1, 0.15) is 4.90 Å². The standard InChI is InChI=1S/C19H23F3N2O2S2/c1-12-16(18(2,3)4)27-17(24(12)11-13-9-10-13)23-28(25,26)15-8-6-5-7-14(15)19(20,21)22/h5-8,13H,9-11H2,1-4H3. The number of halogens is 3. The third-order valence-electron chi connectivity index (χ3n) is 4.65. The fraction of sp³-hybridized carbons (Fsp3) is 0.526. The minimum atomic E-state index is -4.77. The van der Waals surface area contributed by atoms with Crippen LogP contribution in [0.2, 0.25) is 0 Å². The van der Waals surface area contributed by atoms with E-state index in [0.29, 0.717) is 12.5 Å². The minimum absolute atomic E-state index is 0.221. The molecule has 1 fully saturated rings. The Balaban J connectivity index is 2.20. The molecule has 1 aliphatic carbocycles. The van der Waals surface area contributed by atoms with Gasteiger partial charge in [0.2, 0.25) is 4.80 Å². The van der Waals surface area contributed by atoms with Crippen LogP contribution in [0.1, 0.15) is 49.7 Å². The molecule has 1 aliphatic rings. The fourth-order valence-electron chi connectivity index (χ4n) is 3.10. The van der Waals surface area contributed by atoms with Crippen LogP contribution in [-0.2, 0) is 28.2 Å². The van der Waals surface area contributed by atoms with E-state index in [4.69, 9.17) is 0 Å². The van der Waals surface area contributed by atoms with E-state index in [0.717, 1.165) is 35.5 Å². The van der Waals surface area contributed by atoms with E-state index in [2.05, 4.69) is 4.40 Å². The molecular formula is C19H23F3N2O2S2. The van der Waals surface area contributed by atoms with Gasteiger partial charge in [-0.1, -0.05) is 32.9 Å². The second-order valence-electron chi connectivity index (χ2n) is 8.16. The predicted octanol–water partition coefficient (Wildman–Crippen LogP) is 4.87. The van der Waals surface area contributed by atoms with Crippen LogP contribution in [0.15, 0.2) is 33.6 Å². The molecule has 2 aromatic rings. The Bertz CT molecular complexity index is 1050. The van der Waals surface area contributed by atoms with Gasteiger partial charge in [-0.25, -0.2) is 0 Å². The van der Waals surface area contributed by atoms with Crippen LogP contribution in [-0.4, -0.2) is 13.0 Å². The average Bonchev–Trinajstić information content (AvgIpc) is 3.33. The van der Waals surface area contributed by atoms with E-state index in [9.17, 15) is 21.6 Å². The quantitative estimate of drug-likeness (QED) is 0.692.